The van der Waals surface area contributed by atoms with Crippen LogP contribution in [0.25, 0.3) is 0 Å². The highest BCUT2D eigenvalue weighted by atomic mass is 79.9. The maximum atomic E-state index is 9.99. The molecule has 0 spiro atoms. The molecule has 2 heterocycles. The SMILES string of the molecule is O=[N+]([O-])c1[nH]cnc1Br.O=[N+]([O-])c1[nH]cnc1Br. The predicted octanol–water partition coefficient (Wildman–Crippen LogP) is 2.16. The standard InChI is InChI=1S/2C3H2BrN3O2/c2*4-2-3(7(8)9)6-1-5-2/h2*1H,(H,5,6). The molecule has 0 fully saturated rings. The number of hydrogen-bond donors (Lipinski definition) is 2. The summed E-state index contributed by atoms with van der Waals surface area (Å²) in [4.78, 5) is 30.7. The minimum absolute atomic E-state index is 0.116. The van der Waals surface area contributed by atoms with Gasteiger partial charge in [-0.25, -0.2) is 19.9 Å². The van der Waals surface area contributed by atoms with Crippen molar-refractivity contribution in [3.8, 4) is 0 Å². The lowest BCUT2D eigenvalue weighted by atomic mass is 10.8. The molecule has 96 valence electrons. The molecule has 0 aliphatic carbocycles. The highest BCUT2D eigenvalue weighted by Crippen LogP contribution is 2.18. The third-order valence-corrected chi connectivity index (χ3v) is 2.67. The molecule has 10 nitrogen and oxygen atoms in total. The van der Waals surface area contributed by atoms with Gasteiger partial charge in [-0.05, 0) is 41.7 Å². The first-order valence-corrected chi connectivity index (χ1v) is 5.68. The molecule has 0 saturated carbocycles. The van der Waals surface area contributed by atoms with Crippen LogP contribution in [-0.2, 0) is 0 Å². The number of nitrogens with one attached hydrogen (secondary N) is 2. The van der Waals surface area contributed by atoms with Crippen molar-refractivity contribution in [2.75, 3.05) is 0 Å². The van der Waals surface area contributed by atoms with Gasteiger partial charge in [0.1, 0.15) is 0 Å². The van der Waals surface area contributed by atoms with Gasteiger partial charge < -0.3 is 20.2 Å². The van der Waals surface area contributed by atoms with Crippen molar-refractivity contribution >= 4 is 43.5 Å². The Morgan fingerprint density at radius 1 is 0.944 bits per heavy atom. The zero-order valence-corrected chi connectivity index (χ0v) is 11.5. The Morgan fingerprint density at radius 3 is 1.39 bits per heavy atom. The molecule has 0 saturated heterocycles. The van der Waals surface area contributed by atoms with Gasteiger partial charge >= 0.3 is 11.6 Å². The van der Waals surface area contributed by atoms with Crippen molar-refractivity contribution in [3.63, 3.8) is 0 Å². The van der Waals surface area contributed by atoms with E-state index in [4.69, 9.17) is 0 Å². The lowest BCUT2D eigenvalue weighted by molar-refractivity contribution is -0.390. The summed E-state index contributed by atoms with van der Waals surface area (Å²) in [5.41, 5.74) is 0. The molecule has 0 amide bonds. The lowest BCUT2D eigenvalue weighted by Crippen LogP contribution is -1.87. The topological polar surface area (TPSA) is 144 Å². The fourth-order valence-electron chi connectivity index (χ4n) is 0.798. The molecular formula is C6H4Br2N6O4. The van der Waals surface area contributed by atoms with E-state index in [9.17, 15) is 20.2 Å². The largest absolute Gasteiger partial charge is 0.358 e. The Balaban J connectivity index is 0.000000180. The average molecular weight is 384 g/mol. The molecule has 2 rings (SSSR count). The zero-order chi connectivity index (χ0) is 13.7. The van der Waals surface area contributed by atoms with Gasteiger partial charge in [-0.15, -0.1) is 0 Å². The summed E-state index contributed by atoms with van der Waals surface area (Å²) in [7, 11) is 0. The van der Waals surface area contributed by atoms with Crippen LogP contribution in [0, 0.1) is 20.2 Å². The normalized spacial score (nSPS) is 9.44. The summed E-state index contributed by atoms with van der Waals surface area (Å²) < 4.78 is 0.458. The van der Waals surface area contributed by atoms with E-state index < -0.39 is 9.85 Å². The smallest absolute Gasteiger partial charge is 0.355 e. The van der Waals surface area contributed by atoms with Crippen molar-refractivity contribution in [3.05, 3.63) is 42.1 Å². The van der Waals surface area contributed by atoms with Crippen molar-refractivity contribution in [2.45, 2.75) is 0 Å². The molecule has 0 radical (unpaired) electrons. The minimum atomic E-state index is -0.545. The number of imidazole rings is 2. The van der Waals surface area contributed by atoms with E-state index in [0.29, 0.717) is 0 Å². The monoisotopic (exact) mass is 382 g/mol. The van der Waals surface area contributed by atoms with Gasteiger partial charge in [-0.3, -0.25) is 0 Å². The highest BCUT2D eigenvalue weighted by Gasteiger charge is 2.11. The maximum Gasteiger partial charge on any atom is 0.355 e. The third-order valence-electron chi connectivity index (χ3n) is 1.51. The number of H-pyrrole nitrogens is 2. The second-order valence-corrected chi connectivity index (χ2v) is 4.10. The summed E-state index contributed by atoms with van der Waals surface area (Å²) in [6.07, 6.45) is 2.50. The molecule has 2 aromatic heterocycles. The number of nitrogens with zero attached hydrogens (tertiary/aromatic N) is 4. The highest BCUT2D eigenvalue weighted by molar-refractivity contribution is 9.10. The Labute approximate surface area is 115 Å². The van der Waals surface area contributed by atoms with E-state index in [2.05, 4.69) is 51.8 Å². The number of aromatic amines is 2. The van der Waals surface area contributed by atoms with E-state index in [1.165, 1.54) is 12.7 Å². The van der Waals surface area contributed by atoms with Crippen LogP contribution in [0.5, 0.6) is 0 Å². The summed E-state index contributed by atoms with van der Waals surface area (Å²) in [6, 6.07) is 0. The van der Waals surface area contributed by atoms with Crippen molar-refractivity contribution < 1.29 is 9.85 Å². The van der Waals surface area contributed by atoms with E-state index >= 15 is 0 Å². The number of rotatable bonds is 2. The van der Waals surface area contributed by atoms with Gasteiger partial charge in [-0.1, -0.05) is 0 Å². The van der Waals surface area contributed by atoms with Gasteiger partial charge in [0.25, 0.3) is 0 Å². The first-order valence-electron chi connectivity index (χ1n) is 4.10. The van der Waals surface area contributed by atoms with Gasteiger partial charge in [0.2, 0.25) is 9.21 Å². The van der Waals surface area contributed by atoms with Crippen LogP contribution in [0.3, 0.4) is 0 Å². The van der Waals surface area contributed by atoms with Crippen molar-refractivity contribution in [1.82, 2.24) is 19.9 Å². The zero-order valence-electron chi connectivity index (χ0n) is 8.33. The van der Waals surface area contributed by atoms with Gasteiger partial charge in [0.05, 0.1) is 0 Å². The maximum absolute atomic E-state index is 9.99. The van der Waals surface area contributed by atoms with E-state index in [1.807, 2.05) is 0 Å². The minimum Gasteiger partial charge on any atom is -0.358 e. The van der Waals surface area contributed by atoms with Crippen LogP contribution in [0.15, 0.2) is 21.9 Å². The van der Waals surface area contributed by atoms with Crippen LogP contribution in [0.4, 0.5) is 11.6 Å². The Morgan fingerprint density at radius 2 is 1.28 bits per heavy atom. The van der Waals surface area contributed by atoms with Crippen LogP contribution < -0.4 is 0 Å². The quantitative estimate of drug-likeness (QED) is 0.600. The number of halogens is 2. The van der Waals surface area contributed by atoms with E-state index in [0.717, 1.165) is 0 Å². The predicted molar refractivity (Wildman–Crippen MR) is 65.9 cm³/mol. The number of nitro groups is 2. The molecule has 0 atom stereocenters. The van der Waals surface area contributed by atoms with E-state index in [1.54, 1.807) is 0 Å². The molecule has 0 unspecified atom stereocenters. The van der Waals surface area contributed by atoms with Crippen molar-refractivity contribution in [1.29, 1.82) is 0 Å². The summed E-state index contributed by atoms with van der Waals surface area (Å²) >= 11 is 5.77. The van der Waals surface area contributed by atoms with Crippen LogP contribution in [-0.4, -0.2) is 29.8 Å². The number of hydrogen-bond acceptors (Lipinski definition) is 6. The lowest BCUT2D eigenvalue weighted by Gasteiger charge is -1.86. The Bertz CT molecular complexity index is 516. The van der Waals surface area contributed by atoms with Gasteiger partial charge in [-0.2, -0.15) is 0 Å². The van der Waals surface area contributed by atoms with Gasteiger partial charge in [0, 0.05) is 0 Å². The average Bonchev–Trinajstić information content (AvgIpc) is 2.87. The Hall–Kier alpha value is -1.82. The fourth-order valence-corrected chi connectivity index (χ4v) is 1.52. The van der Waals surface area contributed by atoms with Crippen LogP contribution in [0.2, 0.25) is 0 Å². The molecule has 18 heavy (non-hydrogen) atoms. The number of aromatic nitrogens is 4. The fraction of sp³-hybridized carbons (Fsp3) is 0. The molecule has 0 aliphatic rings. The molecule has 0 aromatic carbocycles. The summed E-state index contributed by atoms with van der Waals surface area (Å²) in [5, 5.41) is 20.0. The summed E-state index contributed by atoms with van der Waals surface area (Å²) in [5.74, 6) is -0.231. The second kappa shape index (κ2) is 6.20. The molecule has 2 aromatic rings. The molecule has 0 bridgehead atoms. The van der Waals surface area contributed by atoms with Crippen LogP contribution in [0.1, 0.15) is 0 Å². The Kier molecular flexibility index (Phi) is 4.91. The molecular weight excluding hydrogens is 380 g/mol. The van der Waals surface area contributed by atoms with Gasteiger partial charge in [0.15, 0.2) is 12.7 Å². The van der Waals surface area contributed by atoms with E-state index in [-0.39, 0.29) is 20.8 Å². The molecule has 2 N–H and O–H groups in total. The molecule has 0 aliphatic heterocycles. The summed E-state index contributed by atoms with van der Waals surface area (Å²) in [6.45, 7) is 0. The van der Waals surface area contributed by atoms with Crippen molar-refractivity contribution in [2.24, 2.45) is 0 Å². The molecule has 12 heteroatoms. The van der Waals surface area contributed by atoms with Crippen LogP contribution >= 0.6 is 31.9 Å². The second-order valence-electron chi connectivity index (χ2n) is 2.60. The first-order chi connectivity index (χ1) is 8.43. The third kappa shape index (κ3) is 3.59. The first kappa shape index (κ1) is 14.2.